The van der Waals surface area contributed by atoms with Crippen molar-refractivity contribution in [3.05, 3.63) is 29.8 Å². The van der Waals surface area contributed by atoms with Gasteiger partial charge in [-0.3, -0.25) is 5.04 Å². The van der Waals surface area contributed by atoms with E-state index in [9.17, 15) is 5.26 Å². The normalized spacial score (nSPS) is 10.5. The van der Waals surface area contributed by atoms with E-state index in [1.807, 2.05) is 12.1 Å². The first-order chi connectivity index (χ1) is 10.9. The van der Waals surface area contributed by atoms with Crippen LogP contribution in [-0.4, -0.2) is 0 Å². The second-order valence-electron chi connectivity index (χ2n) is 5.80. The monoisotopic (exact) mass is 348 g/mol. The van der Waals surface area contributed by atoms with Crippen LogP contribution in [0.25, 0.3) is 0 Å². The maximum atomic E-state index is 9.74. The minimum absolute atomic E-state index is 0. The third-order valence-electron chi connectivity index (χ3n) is 3.90. The van der Waals surface area contributed by atoms with Gasteiger partial charge in [-0.1, -0.05) is 76.8 Å². The topological polar surface area (TPSA) is 41.5 Å². The number of benzene rings is 1. The summed E-state index contributed by atoms with van der Waals surface area (Å²) in [5, 5.41) is 13.1. The Hall–Kier alpha value is 0.450. The predicted octanol–water partition coefficient (Wildman–Crippen LogP) is 2.38. The fourth-order valence-electron chi connectivity index (χ4n) is 2.58. The van der Waals surface area contributed by atoms with Gasteiger partial charge in [0, 0.05) is 4.90 Å². The van der Waals surface area contributed by atoms with Crippen molar-refractivity contribution in [3.63, 3.8) is 0 Å². The van der Waals surface area contributed by atoms with E-state index in [-0.39, 0.29) is 29.6 Å². The van der Waals surface area contributed by atoms with Crippen molar-refractivity contribution >= 4 is 12.0 Å². The molecule has 0 fully saturated rings. The van der Waals surface area contributed by atoms with Gasteiger partial charge >= 0.3 is 29.6 Å². The van der Waals surface area contributed by atoms with Crippen molar-refractivity contribution in [2.75, 3.05) is 0 Å². The van der Waals surface area contributed by atoms with E-state index in [0.717, 1.165) is 23.4 Å². The first-order valence-electron chi connectivity index (χ1n) is 8.59. The summed E-state index contributed by atoms with van der Waals surface area (Å²) in [7, 11) is 0. The van der Waals surface area contributed by atoms with Gasteiger partial charge in [-0.25, -0.2) is 0 Å². The van der Waals surface area contributed by atoms with E-state index in [2.05, 4.69) is 28.4 Å². The van der Waals surface area contributed by atoms with E-state index in [4.69, 9.17) is 0 Å². The molecule has 0 spiro atoms. The Morgan fingerprint density at radius 2 is 1.35 bits per heavy atom. The van der Waals surface area contributed by atoms with Gasteiger partial charge in [-0.15, -0.1) is 0 Å². The van der Waals surface area contributed by atoms with Crippen molar-refractivity contribution in [2.45, 2.75) is 82.4 Å². The number of hydrogen-bond donors (Lipinski definition) is 0. The Kier molecular flexibility index (Phi) is 17.6. The number of unbranched alkanes of at least 4 members (excludes halogenated alkanes) is 9. The average Bonchev–Trinajstić information content (AvgIpc) is 2.56. The molecular formula is C18H29NaO3S. The molecular weight excluding hydrogens is 319 g/mol. The molecule has 23 heavy (non-hydrogen) atoms. The van der Waals surface area contributed by atoms with Crippen molar-refractivity contribution in [3.8, 4) is 0 Å². The molecule has 0 atom stereocenters. The van der Waals surface area contributed by atoms with Crippen LogP contribution in [0.5, 0.6) is 0 Å². The van der Waals surface area contributed by atoms with Gasteiger partial charge < -0.3 is 5.26 Å². The number of aryl methyl sites for hydroxylation is 1. The summed E-state index contributed by atoms with van der Waals surface area (Å²) in [4.78, 5) is 0.877. The fourth-order valence-corrected chi connectivity index (χ4v) is 2.93. The molecule has 0 bridgehead atoms. The van der Waals surface area contributed by atoms with Crippen LogP contribution in [0, 0.1) is 0 Å². The van der Waals surface area contributed by atoms with E-state index in [1.54, 1.807) is 0 Å². The largest absolute Gasteiger partial charge is 1.00 e. The van der Waals surface area contributed by atoms with Gasteiger partial charge in [-0.05, 0) is 30.5 Å². The van der Waals surface area contributed by atoms with Crippen molar-refractivity contribution < 1.29 is 44.2 Å². The van der Waals surface area contributed by atoms with E-state index >= 15 is 0 Å². The zero-order chi connectivity index (χ0) is 15.9. The maximum Gasteiger partial charge on any atom is 1.00 e. The Bertz CT molecular complexity index is 360. The van der Waals surface area contributed by atoms with Gasteiger partial charge in [0.25, 0.3) is 0 Å². The molecule has 3 nitrogen and oxygen atoms in total. The third kappa shape index (κ3) is 13.4. The third-order valence-corrected chi connectivity index (χ3v) is 4.49. The number of hydrogen-bond acceptors (Lipinski definition) is 4. The molecule has 0 aliphatic heterocycles. The van der Waals surface area contributed by atoms with Crippen LogP contribution >= 0.6 is 12.0 Å². The number of rotatable bonds is 14. The Morgan fingerprint density at radius 3 is 1.87 bits per heavy atom. The van der Waals surface area contributed by atoms with Crippen LogP contribution < -0.4 is 34.8 Å². The van der Waals surface area contributed by atoms with Crippen molar-refractivity contribution in [2.24, 2.45) is 0 Å². The van der Waals surface area contributed by atoms with Gasteiger partial charge in [0.2, 0.25) is 0 Å². The summed E-state index contributed by atoms with van der Waals surface area (Å²) in [6.07, 6.45) is 14.8. The Balaban J connectivity index is 0.00000484. The summed E-state index contributed by atoms with van der Waals surface area (Å²) in [5.41, 5.74) is 1.34. The maximum absolute atomic E-state index is 9.74. The summed E-state index contributed by atoms with van der Waals surface area (Å²) >= 11 is 0.939. The van der Waals surface area contributed by atoms with Gasteiger partial charge in [0.15, 0.2) is 0 Å². The average molecular weight is 348 g/mol. The molecule has 0 N–H and O–H groups in total. The molecule has 5 heteroatoms. The van der Waals surface area contributed by atoms with Gasteiger partial charge in [0.1, 0.15) is 0 Å². The second-order valence-corrected chi connectivity index (χ2v) is 6.57. The SMILES string of the molecule is CCCCCCCCCCCCc1ccc(SOO[O-])cc1.[Na+]. The van der Waals surface area contributed by atoms with Gasteiger partial charge in [0.05, 0.1) is 12.0 Å². The van der Waals surface area contributed by atoms with Crippen molar-refractivity contribution in [1.82, 2.24) is 0 Å². The molecule has 0 radical (unpaired) electrons. The second kappa shape index (κ2) is 17.3. The molecule has 0 saturated heterocycles. The smallest absolute Gasteiger partial charge is 0.691 e. The predicted molar refractivity (Wildman–Crippen MR) is 90.0 cm³/mol. The minimum atomic E-state index is 0. The van der Waals surface area contributed by atoms with Crippen LogP contribution in [0.4, 0.5) is 0 Å². The summed E-state index contributed by atoms with van der Waals surface area (Å²) in [6, 6.07) is 8.08. The molecule has 0 heterocycles. The quantitative estimate of drug-likeness (QED) is 0.170. The summed E-state index contributed by atoms with van der Waals surface area (Å²) in [5.74, 6) is 0. The Morgan fingerprint density at radius 1 is 0.826 bits per heavy atom. The molecule has 0 aliphatic rings. The molecule has 0 aliphatic carbocycles. The van der Waals surface area contributed by atoms with Crippen LogP contribution in [0.15, 0.2) is 29.2 Å². The molecule has 0 unspecified atom stereocenters. The molecule has 1 rings (SSSR count). The van der Waals surface area contributed by atoms with Crippen LogP contribution in [-0.2, 0) is 15.8 Å². The zero-order valence-electron chi connectivity index (χ0n) is 14.7. The molecule has 0 saturated carbocycles. The van der Waals surface area contributed by atoms with E-state index < -0.39 is 0 Å². The molecule has 126 valence electrons. The molecule has 0 amide bonds. The van der Waals surface area contributed by atoms with E-state index in [1.165, 1.54) is 69.8 Å². The van der Waals surface area contributed by atoms with Crippen LogP contribution in [0.1, 0.15) is 76.7 Å². The molecule has 0 aromatic heterocycles. The zero-order valence-corrected chi connectivity index (χ0v) is 17.5. The molecule has 1 aromatic carbocycles. The minimum Gasteiger partial charge on any atom is -0.691 e. The summed E-state index contributed by atoms with van der Waals surface area (Å²) in [6.45, 7) is 2.27. The standard InChI is InChI=1S/C18H30O3S.Na/c1-2-3-4-5-6-7-8-9-10-11-12-17-13-15-18(16-14-17)22-21-20-19;/h13-16,19H,2-12H2,1H3;/q;+1/p-1. The molecule has 1 aromatic rings. The van der Waals surface area contributed by atoms with Gasteiger partial charge in [-0.2, -0.15) is 4.33 Å². The van der Waals surface area contributed by atoms with Crippen LogP contribution in [0.3, 0.4) is 0 Å². The van der Waals surface area contributed by atoms with E-state index in [0.29, 0.717) is 0 Å². The fraction of sp³-hybridized carbons (Fsp3) is 0.667. The first-order valence-corrected chi connectivity index (χ1v) is 9.33. The van der Waals surface area contributed by atoms with Crippen LogP contribution in [0.2, 0.25) is 0 Å². The Labute approximate surface area is 167 Å². The van der Waals surface area contributed by atoms with Crippen molar-refractivity contribution in [1.29, 1.82) is 0 Å². The first kappa shape index (κ1) is 23.4. The summed E-state index contributed by atoms with van der Waals surface area (Å²) < 4.78 is 4.29.